The van der Waals surface area contributed by atoms with Gasteiger partial charge < -0.3 is 4.74 Å². The number of hydrogen-bond donors (Lipinski definition) is 0. The van der Waals surface area contributed by atoms with Crippen LogP contribution >= 0.6 is 31.9 Å². The molecule has 1 aliphatic carbocycles. The summed E-state index contributed by atoms with van der Waals surface area (Å²) in [6.07, 6.45) is 3.90. The Balaban J connectivity index is 1.99. The molecule has 1 aliphatic rings. The van der Waals surface area contributed by atoms with Gasteiger partial charge in [0.05, 0.1) is 11.1 Å². The van der Waals surface area contributed by atoms with Crippen molar-refractivity contribution in [2.75, 3.05) is 11.9 Å². The molecule has 0 atom stereocenters. The van der Waals surface area contributed by atoms with Crippen LogP contribution in [0.15, 0.2) is 22.7 Å². The lowest BCUT2D eigenvalue weighted by Gasteiger charge is -2.40. The average Bonchev–Trinajstić information content (AvgIpc) is 2.19. The number of hydrogen-bond acceptors (Lipinski definition) is 1. The fraction of sp³-hybridized carbons (Fsp3) is 0.538. The molecular weight excluding hydrogens is 332 g/mol. The fourth-order valence-corrected chi connectivity index (χ4v) is 3.28. The maximum absolute atomic E-state index is 5.91. The zero-order valence-electron chi connectivity index (χ0n) is 9.43. The van der Waals surface area contributed by atoms with E-state index in [1.54, 1.807) is 0 Å². The predicted octanol–water partition coefficient (Wildman–Crippen LogP) is 4.70. The van der Waals surface area contributed by atoms with Gasteiger partial charge in [0.25, 0.3) is 0 Å². The Morgan fingerprint density at radius 1 is 1.38 bits per heavy atom. The topological polar surface area (TPSA) is 9.23 Å². The predicted molar refractivity (Wildman–Crippen MR) is 74.5 cm³/mol. The van der Waals surface area contributed by atoms with Crippen molar-refractivity contribution in [3.05, 3.63) is 28.2 Å². The quantitative estimate of drug-likeness (QED) is 0.717. The van der Waals surface area contributed by atoms with Gasteiger partial charge in [-0.2, -0.15) is 0 Å². The number of rotatable bonds is 4. The Hall–Kier alpha value is -0.0200. The highest BCUT2D eigenvalue weighted by Crippen LogP contribution is 2.43. The lowest BCUT2D eigenvalue weighted by Crippen LogP contribution is -2.37. The third kappa shape index (κ3) is 2.62. The Kier molecular flexibility index (Phi) is 3.96. The van der Waals surface area contributed by atoms with Gasteiger partial charge in [0.2, 0.25) is 0 Å². The van der Waals surface area contributed by atoms with Crippen molar-refractivity contribution < 1.29 is 4.74 Å². The molecule has 16 heavy (non-hydrogen) atoms. The van der Waals surface area contributed by atoms with E-state index in [1.807, 2.05) is 6.07 Å². The van der Waals surface area contributed by atoms with Gasteiger partial charge in [-0.25, -0.2) is 0 Å². The number of alkyl halides is 1. The molecule has 3 heteroatoms. The summed E-state index contributed by atoms with van der Waals surface area (Å²) >= 11 is 7.14. The van der Waals surface area contributed by atoms with E-state index in [1.165, 1.54) is 24.8 Å². The monoisotopic (exact) mass is 346 g/mol. The van der Waals surface area contributed by atoms with Crippen LogP contribution in [0.4, 0.5) is 0 Å². The Morgan fingerprint density at radius 3 is 2.62 bits per heavy atom. The highest BCUT2D eigenvalue weighted by atomic mass is 79.9. The smallest absolute Gasteiger partial charge is 0.133 e. The molecule has 1 saturated carbocycles. The lowest BCUT2D eigenvalue weighted by atomic mass is 9.71. The number of halogens is 2. The van der Waals surface area contributed by atoms with E-state index in [4.69, 9.17) is 4.74 Å². The van der Waals surface area contributed by atoms with Crippen LogP contribution in [0.5, 0.6) is 5.75 Å². The van der Waals surface area contributed by atoms with Crippen LogP contribution in [0.2, 0.25) is 0 Å². The lowest BCUT2D eigenvalue weighted by molar-refractivity contribution is 0.0834. The maximum Gasteiger partial charge on any atom is 0.133 e. The second-order valence-electron chi connectivity index (χ2n) is 4.71. The summed E-state index contributed by atoms with van der Waals surface area (Å²) in [6.45, 7) is 2.90. The molecule has 0 N–H and O–H groups in total. The largest absolute Gasteiger partial charge is 0.492 e. The van der Waals surface area contributed by atoms with E-state index in [9.17, 15) is 0 Å². The van der Waals surface area contributed by atoms with Crippen LogP contribution in [0.1, 0.15) is 24.8 Å². The van der Waals surface area contributed by atoms with E-state index in [-0.39, 0.29) is 0 Å². The van der Waals surface area contributed by atoms with E-state index in [2.05, 4.69) is 50.9 Å². The summed E-state index contributed by atoms with van der Waals surface area (Å²) in [5.74, 6) is 0.956. The molecule has 0 radical (unpaired) electrons. The van der Waals surface area contributed by atoms with E-state index >= 15 is 0 Å². The van der Waals surface area contributed by atoms with Crippen molar-refractivity contribution >= 4 is 31.9 Å². The zero-order chi connectivity index (χ0) is 11.6. The Labute approximate surface area is 114 Å². The number of benzene rings is 1. The third-order valence-electron chi connectivity index (χ3n) is 3.32. The van der Waals surface area contributed by atoms with Crippen molar-refractivity contribution in [1.29, 1.82) is 0 Å². The molecule has 1 aromatic carbocycles. The van der Waals surface area contributed by atoms with Gasteiger partial charge in [-0.15, -0.1) is 0 Å². The first-order chi connectivity index (χ1) is 7.65. The van der Waals surface area contributed by atoms with Gasteiger partial charge in [0.1, 0.15) is 5.75 Å². The van der Waals surface area contributed by atoms with E-state index in [0.717, 1.165) is 22.2 Å². The Bertz CT molecular complexity index is 367. The van der Waals surface area contributed by atoms with Gasteiger partial charge in [0.15, 0.2) is 0 Å². The zero-order valence-corrected chi connectivity index (χ0v) is 12.6. The van der Waals surface area contributed by atoms with Crippen LogP contribution in [0, 0.1) is 12.3 Å². The van der Waals surface area contributed by atoms with Crippen LogP contribution in [0.3, 0.4) is 0 Å². The molecule has 1 nitrogen and oxygen atoms in total. The van der Waals surface area contributed by atoms with Crippen molar-refractivity contribution in [3.8, 4) is 5.75 Å². The summed E-state index contributed by atoms with van der Waals surface area (Å²) in [5, 5.41) is 1.05. The van der Waals surface area contributed by atoms with Crippen LogP contribution in [0.25, 0.3) is 0 Å². The van der Waals surface area contributed by atoms with Gasteiger partial charge in [-0.05, 0) is 53.4 Å². The SMILES string of the molecule is Cc1ccc(OCC2(CBr)CCC2)c(Br)c1. The minimum Gasteiger partial charge on any atom is -0.492 e. The summed E-state index contributed by atoms with van der Waals surface area (Å²) < 4.78 is 6.97. The first kappa shape index (κ1) is 12.4. The molecule has 0 spiro atoms. The first-order valence-electron chi connectivity index (χ1n) is 5.60. The normalized spacial score (nSPS) is 17.9. The van der Waals surface area contributed by atoms with Gasteiger partial charge in [0, 0.05) is 10.7 Å². The van der Waals surface area contributed by atoms with Crippen LogP contribution < -0.4 is 4.74 Å². The van der Waals surface area contributed by atoms with Crippen LogP contribution in [-0.4, -0.2) is 11.9 Å². The molecular formula is C13H16Br2O. The summed E-state index contributed by atoms with van der Waals surface area (Å²) in [5.41, 5.74) is 1.63. The van der Waals surface area contributed by atoms with Crippen molar-refractivity contribution in [1.82, 2.24) is 0 Å². The first-order valence-corrected chi connectivity index (χ1v) is 7.52. The third-order valence-corrected chi connectivity index (χ3v) is 5.13. The molecule has 1 aromatic rings. The van der Waals surface area contributed by atoms with Crippen molar-refractivity contribution in [3.63, 3.8) is 0 Å². The molecule has 0 bridgehead atoms. The minimum atomic E-state index is 0.379. The number of ether oxygens (including phenoxy) is 1. The maximum atomic E-state index is 5.91. The second-order valence-corrected chi connectivity index (χ2v) is 6.12. The molecule has 88 valence electrons. The molecule has 0 aliphatic heterocycles. The molecule has 0 saturated heterocycles. The molecule has 0 unspecified atom stereocenters. The molecule has 1 fully saturated rings. The van der Waals surface area contributed by atoms with Gasteiger partial charge >= 0.3 is 0 Å². The van der Waals surface area contributed by atoms with Gasteiger partial charge in [-0.1, -0.05) is 28.4 Å². The standard InChI is InChI=1S/C13H16Br2O/c1-10-3-4-12(11(15)7-10)16-9-13(8-14)5-2-6-13/h3-4,7H,2,5-6,8-9H2,1H3. The van der Waals surface area contributed by atoms with E-state index < -0.39 is 0 Å². The minimum absolute atomic E-state index is 0.379. The van der Waals surface area contributed by atoms with Crippen LogP contribution in [-0.2, 0) is 0 Å². The molecule has 2 rings (SSSR count). The Morgan fingerprint density at radius 2 is 2.12 bits per heavy atom. The number of aryl methyl sites for hydroxylation is 1. The molecule has 0 aromatic heterocycles. The summed E-state index contributed by atoms with van der Waals surface area (Å²) in [4.78, 5) is 0. The van der Waals surface area contributed by atoms with Gasteiger partial charge in [-0.3, -0.25) is 0 Å². The van der Waals surface area contributed by atoms with Crippen molar-refractivity contribution in [2.45, 2.75) is 26.2 Å². The highest BCUT2D eigenvalue weighted by Gasteiger charge is 2.36. The summed E-state index contributed by atoms with van der Waals surface area (Å²) in [7, 11) is 0. The summed E-state index contributed by atoms with van der Waals surface area (Å²) in [6, 6.07) is 6.22. The highest BCUT2D eigenvalue weighted by molar-refractivity contribution is 9.10. The van der Waals surface area contributed by atoms with E-state index in [0.29, 0.717) is 5.41 Å². The second kappa shape index (κ2) is 5.09. The van der Waals surface area contributed by atoms with Crippen molar-refractivity contribution in [2.24, 2.45) is 5.41 Å². The average molecular weight is 348 g/mol. The molecule has 0 heterocycles. The molecule has 0 amide bonds. The fourth-order valence-electron chi connectivity index (χ4n) is 1.95.